The molecule has 0 spiro atoms. The van der Waals surface area contributed by atoms with Crippen molar-refractivity contribution in [2.45, 2.75) is 6.92 Å². The van der Waals surface area contributed by atoms with Gasteiger partial charge in [0.1, 0.15) is 4.88 Å². The molecule has 22 heavy (non-hydrogen) atoms. The summed E-state index contributed by atoms with van der Waals surface area (Å²) < 4.78 is 4.64. The van der Waals surface area contributed by atoms with Gasteiger partial charge in [-0.2, -0.15) is 5.10 Å². The van der Waals surface area contributed by atoms with E-state index in [0.29, 0.717) is 21.3 Å². The van der Waals surface area contributed by atoms with Crippen molar-refractivity contribution in [3.63, 3.8) is 0 Å². The lowest BCUT2D eigenvalue weighted by Crippen LogP contribution is -1.99. The molecule has 0 saturated carbocycles. The molecule has 0 fully saturated rings. The minimum atomic E-state index is -0.475. The standard InChI is InChI=1S/C13H12N4O4S/c1-8-11(12(18)21-2)22-13(15-8)16-14-7-9-4-3-5-10(6-9)17(19)20/h3-7H,1-2H3,(H,15,16)/b14-7+. The molecule has 9 heteroatoms. The number of benzene rings is 1. The summed E-state index contributed by atoms with van der Waals surface area (Å²) in [5, 5.41) is 15.1. The van der Waals surface area contributed by atoms with E-state index >= 15 is 0 Å². The Labute approximate surface area is 129 Å². The number of aromatic nitrogens is 1. The Morgan fingerprint density at radius 3 is 3.00 bits per heavy atom. The van der Waals surface area contributed by atoms with Gasteiger partial charge in [-0.25, -0.2) is 9.78 Å². The molecule has 0 atom stereocenters. The van der Waals surface area contributed by atoms with Crippen LogP contribution in [0.4, 0.5) is 10.8 Å². The number of hydrazone groups is 1. The van der Waals surface area contributed by atoms with Gasteiger partial charge >= 0.3 is 5.97 Å². The first-order valence-electron chi connectivity index (χ1n) is 6.10. The number of hydrogen-bond donors (Lipinski definition) is 1. The van der Waals surface area contributed by atoms with E-state index in [-0.39, 0.29) is 5.69 Å². The molecular weight excluding hydrogens is 308 g/mol. The highest BCUT2D eigenvalue weighted by Gasteiger charge is 2.15. The average Bonchev–Trinajstić information content (AvgIpc) is 2.87. The molecule has 0 radical (unpaired) electrons. The molecule has 0 unspecified atom stereocenters. The highest BCUT2D eigenvalue weighted by Crippen LogP contribution is 2.23. The van der Waals surface area contributed by atoms with Crippen LogP contribution in [0.15, 0.2) is 29.4 Å². The van der Waals surface area contributed by atoms with Crippen molar-refractivity contribution < 1.29 is 14.5 Å². The fourth-order valence-electron chi connectivity index (χ4n) is 1.61. The Morgan fingerprint density at radius 2 is 2.32 bits per heavy atom. The molecule has 2 rings (SSSR count). The Balaban J connectivity index is 2.08. The number of non-ortho nitro benzene ring substituents is 1. The van der Waals surface area contributed by atoms with Crippen molar-refractivity contribution in [2.75, 3.05) is 12.5 Å². The van der Waals surface area contributed by atoms with E-state index in [1.807, 2.05) is 0 Å². The van der Waals surface area contributed by atoms with E-state index in [4.69, 9.17) is 0 Å². The third kappa shape index (κ3) is 3.64. The zero-order valence-corrected chi connectivity index (χ0v) is 12.6. The zero-order valence-electron chi connectivity index (χ0n) is 11.8. The predicted molar refractivity (Wildman–Crippen MR) is 82.5 cm³/mol. The maximum Gasteiger partial charge on any atom is 0.350 e. The molecule has 1 aromatic carbocycles. The lowest BCUT2D eigenvalue weighted by Gasteiger charge is -1.95. The summed E-state index contributed by atoms with van der Waals surface area (Å²) in [6.45, 7) is 1.69. The molecule has 0 bridgehead atoms. The molecule has 8 nitrogen and oxygen atoms in total. The van der Waals surface area contributed by atoms with Crippen molar-refractivity contribution in [3.05, 3.63) is 50.5 Å². The number of carbonyl (C=O) groups is 1. The average molecular weight is 320 g/mol. The van der Waals surface area contributed by atoms with Crippen molar-refractivity contribution in [1.29, 1.82) is 0 Å². The van der Waals surface area contributed by atoms with Gasteiger partial charge in [0.25, 0.3) is 5.69 Å². The molecule has 1 N–H and O–H groups in total. The van der Waals surface area contributed by atoms with Crippen LogP contribution in [0, 0.1) is 17.0 Å². The van der Waals surface area contributed by atoms with Crippen LogP contribution >= 0.6 is 11.3 Å². The number of aryl methyl sites for hydroxylation is 1. The topological polar surface area (TPSA) is 107 Å². The molecular formula is C13H12N4O4S. The Kier molecular flexibility index (Phi) is 4.79. The van der Waals surface area contributed by atoms with Crippen molar-refractivity contribution >= 4 is 34.3 Å². The number of ether oxygens (including phenoxy) is 1. The van der Waals surface area contributed by atoms with E-state index in [2.05, 4.69) is 20.2 Å². The quantitative estimate of drug-likeness (QED) is 0.393. The molecule has 0 aliphatic carbocycles. The SMILES string of the molecule is COC(=O)c1sc(N/N=C/c2cccc([N+](=O)[O-])c2)nc1C. The maximum atomic E-state index is 11.5. The van der Waals surface area contributed by atoms with Gasteiger partial charge in [-0.15, -0.1) is 0 Å². The van der Waals surface area contributed by atoms with E-state index in [1.54, 1.807) is 19.1 Å². The Bertz CT molecular complexity index is 741. The summed E-state index contributed by atoms with van der Waals surface area (Å²) in [4.78, 5) is 26.2. The number of methoxy groups -OCH3 is 1. The smallest absolute Gasteiger partial charge is 0.350 e. The normalized spacial score (nSPS) is 10.6. The van der Waals surface area contributed by atoms with E-state index < -0.39 is 10.9 Å². The number of thiazole rings is 1. The van der Waals surface area contributed by atoms with Crippen LogP contribution in [0.1, 0.15) is 20.9 Å². The summed E-state index contributed by atoms with van der Waals surface area (Å²) in [7, 11) is 1.30. The predicted octanol–water partition coefficient (Wildman–Crippen LogP) is 2.59. The van der Waals surface area contributed by atoms with Crippen LogP contribution < -0.4 is 5.43 Å². The largest absolute Gasteiger partial charge is 0.465 e. The van der Waals surface area contributed by atoms with Crippen LogP contribution in [0.5, 0.6) is 0 Å². The Morgan fingerprint density at radius 1 is 1.55 bits per heavy atom. The molecule has 2 aromatic rings. The summed E-state index contributed by atoms with van der Waals surface area (Å²) >= 11 is 1.12. The number of nitro groups is 1. The molecule has 1 aromatic heterocycles. The first kappa shape index (κ1) is 15.6. The van der Waals surface area contributed by atoms with Crippen LogP contribution in [-0.4, -0.2) is 29.2 Å². The van der Waals surface area contributed by atoms with Crippen molar-refractivity contribution in [2.24, 2.45) is 5.10 Å². The van der Waals surface area contributed by atoms with Crippen LogP contribution in [-0.2, 0) is 4.74 Å². The van der Waals surface area contributed by atoms with E-state index in [0.717, 1.165) is 11.3 Å². The van der Waals surface area contributed by atoms with Gasteiger partial charge in [-0.3, -0.25) is 15.5 Å². The lowest BCUT2D eigenvalue weighted by atomic mass is 10.2. The summed E-state index contributed by atoms with van der Waals surface area (Å²) in [5.41, 5.74) is 3.79. The minimum Gasteiger partial charge on any atom is -0.465 e. The Hall–Kier alpha value is -2.81. The molecule has 0 amide bonds. The summed E-state index contributed by atoms with van der Waals surface area (Å²) in [5.74, 6) is -0.453. The van der Waals surface area contributed by atoms with Gasteiger partial charge in [0.05, 0.1) is 23.9 Å². The fraction of sp³-hybridized carbons (Fsp3) is 0.154. The molecule has 0 saturated heterocycles. The number of nitrogens with one attached hydrogen (secondary N) is 1. The lowest BCUT2D eigenvalue weighted by molar-refractivity contribution is -0.384. The zero-order chi connectivity index (χ0) is 16.1. The van der Waals surface area contributed by atoms with Crippen molar-refractivity contribution in [3.8, 4) is 0 Å². The summed E-state index contributed by atoms with van der Waals surface area (Å²) in [6, 6.07) is 6.06. The van der Waals surface area contributed by atoms with Gasteiger partial charge in [0.2, 0.25) is 5.13 Å². The highest BCUT2D eigenvalue weighted by atomic mass is 32.1. The molecule has 114 valence electrons. The number of rotatable bonds is 5. The first-order chi connectivity index (χ1) is 10.5. The third-order valence-corrected chi connectivity index (χ3v) is 3.66. The van der Waals surface area contributed by atoms with Gasteiger partial charge in [-0.05, 0) is 6.92 Å². The number of carbonyl (C=O) groups excluding carboxylic acids is 1. The second-order valence-electron chi connectivity index (χ2n) is 4.15. The number of hydrogen-bond acceptors (Lipinski definition) is 8. The number of nitrogens with zero attached hydrogens (tertiary/aromatic N) is 3. The van der Waals surface area contributed by atoms with Crippen molar-refractivity contribution in [1.82, 2.24) is 4.98 Å². The number of nitro benzene ring substituents is 1. The number of anilines is 1. The number of esters is 1. The van der Waals surface area contributed by atoms with E-state index in [9.17, 15) is 14.9 Å². The van der Waals surface area contributed by atoms with E-state index in [1.165, 1.54) is 25.5 Å². The summed E-state index contributed by atoms with van der Waals surface area (Å²) in [6.07, 6.45) is 1.43. The van der Waals surface area contributed by atoms with Gasteiger partial charge in [0.15, 0.2) is 0 Å². The van der Waals surface area contributed by atoms with Crippen LogP contribution in [0.25, 0.3) is 0 Å². The fourth-order valence-corrected chi connectivity index (χ4v) is 2.44. The minimum absolute atomic E-state index is 0.0120. The first-order valence-corrected chi connectivity index (χ1v) is 6.92. The molecule has 0 aliphatic rings. The monoisotopic (exact) mass is 320 g/mol. The molecule has 0 aliphatic heterocycles. The maximum absolute atomic E-state index is 11.5. The van der Waals surface area contributed by atoms with Crippen LogP contribution in [0.3, 0.4) is 0 Å². The third-order valence-electron chi connectivity index (χ3n) is 2.62. The second kappa shape index (κ2) is 6.76. The van der Waals surface area contributed by atoms with Gasteiger partial charge < -0.3 is 4.74 Å². The highest BCUT2D eigenvalue weighted by molar-refractivity contribution is 7.17. The molecule has 1 heterocycles. The van der Waals surface area contributed by atoms with Crippen LogP contribution in [0.2, 0.25) is 0 Å². The van der Waals surface area contributed by atoms with Gasteiger partial charge in [0, 0.05) is 17.7 Å². The second-order valence-corrected chi connectivity index (χ2v) is 5.15. The van der Waals surface area contributed by atoms with Gasteiger partial charge in [-0.1, -0.05) is 23.5 Å².